The molecule has 0 aromatic heterocycles. The Morgan fingerprint density at radius 1 is 1.25 bits per heavy atom. The van der Waals surface area contributed by atoms with Crippen molar-refractivity contribution in [2.45, 2.75) is 13.3 Å². The average Bonchev–Trinajstić information content (AvgIpc) is 3.15. The minimum Gasteiger partial charge on any atom is -0.545 e. The summed E-state index contributed by atoms with van der Waals surface area (Å²) in [6.07, 6.45) is 0.819. The van der Waals surface area contributed by atoms with Crippen LogP contribution in [0.25, 0.3) is 0 Å². The first kappa shape index (κ1) is 14.2. The highest BCUT2D eigenvalue weighted by molar-refractivity contribution is 6.02. The van der Waals surface area contributed by atoms with Gasteiger partial charge in [-0.1, -0.05) is 6.92 Å². The van der Waals surface area contributed by atoms with Gasteiger partial charge < -0.3 is 24.7 Å². The Balaban J connectivity index is 2.34. The van der Waals surface area contributed by atoms with E-state index in [-0.39, 0.29) is 28.8 Å². The van der Waals surface area contributed by atoms with E-state index in [0.717, 1.165) is 6.42 Å². The molecule has 0 heterocycles. The maximum atomic E-state index is 11.9. The van der Waals surface area contributed by atoms with Crippen LogP contribution >= 0.6 is 0 Å². The Kier molecular flexibility index (Phi) is 3.83. The Labute approximate surface area is 116 Å². The Morgan fingerprint density at radius 3 is 2.25 bits per heavy atom. The summed E-state index contributed by atoms with van der Waals surface area (Å²) in [5.41, 5.74) is 0.0241. The van der Waals surface area contributed by atoms with E-state index < -0.39 is 5.97 Å². The number of benzene rings is 1. The van der Waals surface area contributed by atoms with E-state index in [1.165, 1.54) is 26.4 Å². The molecule has 6 heteroatoms. The third-order valence-corrected chi connectivity index (χ3v) is 3.45. The lowest BCUT2D eigenvalue weighted by Crippen LogP contribution is -2.25. The first-order valence-electron chi connectivity index (χ1n) is 6.26. The van der Waals surface area contributed by atoms with Gasteiger partial charge in [0.15, 0.2) is 11.5 Å². The summed E-state index contributed by atoms with van der Waals surface area (Å²) in [6.45, 7) is 1.97. The highest BCUT2D eigenvalue weighted by atomic mass is 16.5. The van der Waals surface area contributed by atoms with E-state index in [2.05, 4.69) is 5.32 Å². The van der Waals surface area contributed by atoms with E-state index in [1.807, 2.05) is 6.92 Å². The first-order valence-corrected chi connectivity index (χ1v) is 6.26. The molecule has 1 saturated carbocycles. The van der Waals surface area contributed by atoms with Crippen LogP contribution in [0.3, 0.4) is 0 Å². The minimum absolute atomic E-state index is 0.0577. The van der Waals surface area contributed by atoms with E-state index in [0.29, 0.717) is 11.7 Å². The average molecular weight is 278 g/mol. The fourth-order valence-corrected chi connectivity index (χ4v) is 2.06. The van der Waals surface area contributed by atoms with Crippen LogP contribution in [-0.4, -0.2) is 26.1 Å². The lowest BCUT2D eigenvalue weighted by molar-refractivity contribution is -0.254. The van der Waals surface area contributed by atoms with Crippen LogP contribution in [0.1, 0.15) is 23.7 Å². The van der Waals surface area contributed by atoms with Gasteiger partial charge >= 0.3 is 0 Å². The number of aromatic carboxylic acids is 1. The van der Waals surface area contributed by atoms with Gasteiger partial charge in [-0.25, -0.2) is 0 Å². The number of anilines is 1. The predicted molar refractivity (Wildman–Crippen MR) is 69.8 cm³/mol. The van der Waals surface area contributed by atoms with Crippen molar-refractivity contribution in [2.75, 3.05) is 19.5 Å². The van der Waals surface area contributed by atoms with Gasteiger partial charge in [0, 0.05) is 17.5 Å². The Bertz CT molecular complexity index is 555. The molecular formula is C14H16NO5-. The summed E-state index contributed by atoms with van der Waals surface area (Å²) in [5.74, 6) is -0.683. The van der Waals surface area contributed by atoms with Crippen molar-refractivity contribution in [1.29, 1.82) is 0 Å². The van der Waals surface area contributed by atoms with Gasteiger partial charge in [0.25, 0.3) is 0 Å². The monoisotopic (exact) mass is 278 g/mol. The highest BCUT2D eigenvalue weighted by Gasteiger charge is 2.39. The number of rotatable bonds is 5. The van der Waals surface area contributed by atoms with Crippen LogP contribution in [0.15, 0.2) is 12.1 Å². The predicted octanol–water partition coefficient (Wildman–Crippen LogP) is 0.662. The second-order valence-corrected chi connectivity index (χ2v) is 4.85. The smallest absolute Gasteiger partial charge is 0.227 e. The number of carbonyl (C=O) groups is 2. The fraction of sp³-hybridized carbons (Fsp3) is 0.429. The van der Waals surface area contributed by atoms with Crippen molar-refractivity contribution in [2.24, 2.45) is 11.8 Å². The number of amides is 1. The highest BCUT2D eigenvalue weighted by Crippen LogP contribution is 2.39. The van der Waals surface area contributed by atoms with Crippen molar-refractivity contribution >= 4 is 17.6 Å². The molecule has 1 fully saturated rings. The summed E-state index contributed by atoms with van der Waals surface area (Å²) in [7, 11) is 2.84. The van der Waals surface area contributed by atoms with Crippen LogP contribution in [-0.2, 0) is 4.79 Å². The number of carboxylic acid groups (broad SMARTS) is 1. The van der Waals surface area contributed by atoms with E-state index >= 15 is 0 Å². The molecule has 1 aromatic carbocycles. The lowest BCUT2D eigenvalue weighted by Gasteiger charge is -2.16. The zero-order valence-electron chi connectivity index (χ0n) is 11.6. The summed E-state index contributed by atoms with van der Waals surface area (Å²) in [6, 6.07) is 2.70. The molecule has 0 spiro atoms. The van der Waals surface area contributed by atoms with Crippen LogP contribution in [0.5, 0.6) is 11.5 Å². The number of nitrogens with one attached hydrogen (secondary N) is 1. The maximum absolute atomic E-state index is 11.9. The number of hydrogen-bond donors (Lipinski definition) is 1. The molecule has 1 aliphatic carbocycles. The molecule has 2 rings (SSSR count). The molecule has 6 nitrogen and oxygen atoms in total. The third kappa shape index (κ3) is 2.68. The number of carbonyl (C=O) groups excluding carboxylic acids is 2. The van der Waals surface area contributed by atoms with E-state index in [1.54, 1.807) is 0 Å². The van der Waals surface area contributed by atoms with Gasteiger partial charge in [-0.05, 0) is 18.4 Å². The zero-order chi connectivity index (χ0) is 14.9. The van der Waals surface area contributed by atoms with Crippen molar-refractivity contribution in [3.05, 3.63) is 17.7 Å². The normalized spacial score (nSPS) is 20.1. The van der Waals surface area contributed by atoms with Gasteiger partial charge in [-0.2, -0.15) is 0 Å². The maximum Gasteiger partial charge on any atom is 0.227 e. The standard InChI is InChI=1S/C14H17NO5/c1-7-4-8(7)13(16)15-10-6-12(20-3)11(19-2)5-9(10)14(17)18/h5-8H,4H2,1-3H3,(H,15,16)(H,17,18)/p-1/t7-,8+/m1/s1. The summed E-state index contributed by atoms with van der Waals surface area (Å²) >= 11 is 0. The summed E-state index contributed by atoms with van der Waals surface area (Å²) in [4.78, 5) is 23.1. The van der Waals surface area contributed by atoms with Crippen molar-refractivity contribution < 1.29 is 24.2 Å². The number of ether oxygens (including phenoxy) is 2. The number of hydrogen-bond acceptors (Lipinski definition) is 5. The van der Waals surface area contributed by atoms with Crippen LogP contribution in [0, 0.1) is 11.8 Å². The number of carboxylic acids is 1. The first-order chi connectivity index (χ1) is 9.47. The van der Waals surface area contributed by atoms with Gasteiger partial charge in [-0.15, -0.1) is 0 Å². The fourth-order valence-electron chi connectivity index (χ4n) is 2.06. The Morgan fingerprint density at radius 2 is 1.80 bits per heavy atom. The van der Waals surface area contributed by atoms with Gasteiger partial charge in [0.2, 0.25) is 5.91 Å². The lowest BCUT2D eigenvalue weighted by atomic mass is 10.1. The molecule has 1 amide bonds. The van der Waals surface area contributed by atoms with Crippen molar-refractivity contribution in [1.82, 2.24) is 0 Å². The molecule has 0 saturated heterocycles. The van der Waals surface area contributed by atoms with Crippen molar-refractivity contribution in [3.8, 4) is 11.5 Å². The number of methoxy groups -OCH3 is 2. The molecule has 1 N–H and O–H groups in total. The van der Waals surface area contributed by atoms with Gasteiger partial charge in [0.05, 0.1) is 25.9 Å². The van der Waals surface area contributed by atoms with Gasteiger partial charge in [0.1, 0.15) is 0 Å². The minimum atomic E-state index is -1.38. The van der Waals surface area contributed by atoms with Crippen molar-refractivity contribution in [3.63, 3.8) is 0 Å². The second kappa shape index (κ2) is 5.40. The van der Waals surface area contributed by atoms with E-state index in [4.69, 9.17) is 9.47 Å². The second-order valence-electron chi connectivity index (χ2n) is 4.85. The molecule has 0 bridgehead atoms. The molecule has 108 valence electrons. The molecule has 1 aliphatic rings. The van der Waals surface area contributed by atoms with E-state index in [9.17, 15) is 14.7 Å². The SMILES string of the molecule is COc1cc(NC(=O)[C@H]2C[C@H]2C)c(C(=O)[O-])cc1OC. The molecule has 0 unspecified atom stereocenters. The molecule has 20 heavy (non-hydrogen) atoms. The quantitative estimate of drug-likeness (QED) is 0.855. The molecule has 0 aliphatic heterocycles. The van der Waals surface area contributed by atoms with Crippen LogP contribution in [0.4, 0.5) is 5.69 Å². The molecule has 0 radical (unpaired) electrons. The molecular weight excluding hydrogens is 262 g/mol. The largest absolute Gasteiger partial charge is 0.545 e. The summed E-state index contributed by atoms with van der Waals surface area (Å²) < 4.78 is 10.1. The topological polar surface area (TPSA) is 87.7 Å². The zero-order valence-corrected chi connectivity index (χ0v) is 11.6. The van der Waals surface area contributed by atoms with Crippen LogP contribution < -0.4 is 19.9 Å². The Hall–Kier alpha value is -2.24. The third-order valence-electron chi connectivity index (χ3n) is 3.45. The van der Waals surface area contributed by atoms with Crippen LogP contribution in [0.2, 0.25) is 0 Å². The molecule has 2 atom stereocenters. The van der Waals surface area contributed by atoms with Gasteiger partial charge in [-0.3, -0.25) is 4.79 Å². The molecule has 1 aromatic rings. The summed E-state index contributed by atoms with van der Waals surface area (Å²) in [5, 5.41) is 13.8.